The van der Waals surface area contributed by atoms with Crippen molar-refractivity contribution in [2.45, 2.75) is 64.2 Å². The summed E-state index contributed by atoms with van der Waals surface area (Å²) in [5, 5.41) is 5.07. The first-order chi connectivity index (χ1) is 30.2. The highest BCUT2D eigenvalue weighted by atomic mass is 15.2. The van der Waals surface area contributed by atoms with Crippen molar-refractivity contribution in [1.82, 2.24) is 0 Å². The second-order valence-corrected chi connectivity index (χ2v) is 18.8. The van der Waals surface area contributed by atoms with Gasteiger partial charge in [-0.1, -0.05) is 155 Å². The minimum Gasteiger partial charge on any atom is -0.310 e. The van der Waals surface area contributed by atoms with E-state index in [0.717, 1.165) is 25.7 Å². The second kappa shape index (κ2) is 13.8. The fourth-order valence-corrected chi connectivity index (χ4v) is 11.3. The molecule has 0 saturated heterocycles. The van der Waals surface area contributed by atoms with Crippen LogP contribution in [-0.2, 0) is 23.7 Å². The van der Waals surface area contributed by atoms with Crippen LogP contribution >= 0.6 is 0 Å². The lowest BCUT2D eigenvalue weighted by atomic mass is 9.70. The van der Waals surface area contributed by atoms with Crippen LogP contribution in [0.1, 0.15) is 79.5 Å². The fraction of sp³-hybridized carbons (Fsp3) is 0.167. The molecule has 0 bridgehead atoms. The number of hydrogen-bond donors (Lipinski definition) is 0. The first-order valence-corrected chi connectivity index (χ1v) is 22.4. The summed E-state index contributed by atoms with van der Waals surface area (Å²) in [7, 11) is 0. The molecule has 0 amide bonds. The number of nitrogens with zero attached hydrogens (tertiary/aromatic N) is 2. The van der Waals surface area contributed by atoms with Crippen molar-refractivity contribution in [2.24, 2.45) is 0 Å². The van der Waals surface area contributed by atoms with E-state index in [0.29, 0.717) is 0 Å². The first-order valence-electron chi connectivity index (χ1n) is 22.4. The molecule has 0 fully saturated rings. The van der Waals surface area contributed by atoms with Gasteiger partial charge in [0.2, 0.25) is 0 Å². The van der Waals surface area contributed by atoms with Crippen LogP contribution in [-0.4, -0.2) is 0 Å². The van der Waals surface area contributed by atoms with Gasteiger partial charge >= 0.3 is 0 Å². The van der Waals surface area contributed by atoms with Crippen molar-refractivity contribution in [1.29, 1.82) is 0 Å². The van der Waals surface area contributed by atoms with Gasteiger partial charge in [0, 0.05) is 39.3 Å². The maximum Gasteiger partial charge on any atom is 0.0502 e. The number of benzene rings is 8. The molecular formula is C60H50N2. The monoisotopic (exact) mass is 798 g/mol. The highest BCUT2D eigenvalue weighted by Gasteiger charge is 2.40. The summed E-state index contributed by atoms with van der Waals surface area (Å²) in [6, 6.07) is 59.5. The normalized spacial score (nSPS) is 16.8. The van der Waals surface area contributed by atoms with Gasteiger partial charge < -0.3 is 9.80 Å². The molecule has 0 unspecified atom stereocenters. The smallest absolute Gasteiger partial charge is 0.0502 e. The van der Waals surface area contributed by atoms with Crippen LogP contribution in [0.4, 0.5) is 28.4 Å². The molecule has 2 heteroatoms. The molecule has 12 rings (SSSR count). The van der Waals surface area contributed by atoms with E-state index >= 15 is 0 Å². The van der Waals surface area contributed by atoms with E-state index in [9.17, 15) is 0 Å². The number of fused-ring (bicyclic) bond motifs is 9. The molecule has 62 heavy (non-hydrogen) atoms. The summed E-state index contributed by atoms with van der Waals surface area (Å²) < 4.78 is 0. The van der Waals surface area contributed by atoms with Gasteiger partial charge in [-0.05, 0) is 157 Å². The Morgan fingerprint density at radius 3 is 1.76 bits per heavy atom. The van der Waals surface area contributed by atoms with Crippen molar-refractivity contribution in [3.8, 4) is 11.1 Å². The van der Waals surface area contributed by atoms with Gasteiger partial charge in [-0.25, -0.2) is 0 Å². The standard InChI is InChI=1S/C60H50N2/c1-59(2)51-15-7-11-19-57(51)62(58-20-12-8-16-52(58)59)46-30-34-50-49-32-24-40(36-53(49)60(3,4)54(50)38-46)22-21-39-23-31-47-43(35-39)27-28-44-37-45(29-33-48(44)47)61-55-17-9-5-13-41(55)25-26-42-14-6-10-18-56(42)61/h5-7,9-15,17-24,27-38H,8,16,25-26H2,1-4H3/b22-21+. The Kier molecular flexibility index (Phi) is 8.22. The number of anilines is 5. The zero-order chi connectivity index (χ0) is 41.7. The van der Waals surface area contributed by atoms with Gasteiger partial charge in [-0.3, -0.25) is 0 Å². The molecule has 2 aliphatic heterocycles. The molecule has 0 saturated carbocycles. The molecule has 0 aromatic heterocycles. The third-order valence-corrected chi connectivity index (χ3v) is 14.6. The fourth-order valence-electron chi connectivity index (χ4n) is 11.3. The SMILES string of the molecule is CC1(C)C2=C(C=CCC2)N(c2ccc3c(c2)C(C)(C)c2cc(/C=C/c4ccc5c(ccc6cc(N7c8ccccc8CCc8ccccc87)ccc65)c4)ccc2-3)c2ccccc21. The molecule has 2 aliphatic carbocycles. The van der Waals surface area contributed by atoms with Gasteiger partial charge in [-0.15, -0.1) is 0 Å². The minimum atomic E-state index is -0.136. The summed E-state index contributed by atoms with van der Waals surface area (Å²) in [5.74, 6) is 0. The van der Waals surface area contributed by atoms with Crippen LogP contribution in [0.3, 0.4) is 0 Å². The van der Waals surface area contributed by atoms with Crippen LogP contribution in [0.5, 0.6) is 0 Å². The predicted molar refractivity (Wildman–Crippen MR) is 263 cm³/mol. The lowest BCUT2D eigenvalue weighted by molar-refractivity contribution is 0.570. The summed E-state index contributed by atoms with van der Waals surface area (Å²) >= 11 is 0. The molecule has 8 aromatic carbocycles. The van der Waals surface area contributed by atoms with Gasteiger partial charge in [0.1, 0.15) is 0 Å². The first kappa shape index (κ1) is 36.9. The van der Waals surface area contributed by atoms with Crippen LogP contribution in [0.25, 0.3) is 44.8 Å². The average molecular weight is 799 g/mol. The van der Waals surface area contributed by atoms with Gasteiger partial charge in [-0.2, -0.15) is 0 Å². The largest absolute Gasteiger partial charge is 0.310 e. The van der Waals surface area contributed by atoms with E-state index in [1.165, 1.54) is 111 Å². The topological polar surface area (TPSA) is 6.48 Å². The van der Waals surface area contributed by atoms with Gasteiger partial charge in [0.05, 0.1) is 5.69 Å². The van der Waals surface area contributed by atoms with Crippen molar-refractivity contribution < 1.29 is 0 Å². The van der Waals surface area contributed by atoms with Crippen molar-refractivity contribution >= 4 is 62.1 Å². The van der Waals surface area contributed by atoms with Crippen LogP contribution in [0.2, 0.25) is 0 Å². The second-order valence-electron chi connectivity index (χ2n) is 18.8. The Bertz CT molecular complexity index is 3210. The third kappa shape index (κ3) is 5.62. The maximum absolute atomic E-state index is 2.53. The van der Waals surface area contributed by atoms with Gasteiger partial charge in [0.15, 0.2) is 0 Å². The maximum atomic E-state index is 2.53. The number of para-hydroxylation sites is 3. The Morgan fingerprint density at radius 2 is 1.02 bits per heavy atom. The molecule has 0 spiro atoms. The summed E-state index contributed by atoms with van der Waals surface area (Å²) in [6.45, 7) is 9.60. The number of hydrogen-bond acceptors (Lipinski definition) is 2. The predicted octanol–water partition coefficient (Wildman–Crippen LogP) is 16.1. The quantitative estimate of drug-likeness (QED) is 0.129. The summed E-state index contributed by atoms with van der Waals surface area (Å²) in [4.78, 5) is 4.99. The number of aryl methyl sites for hydroxylation is 2. The van der Waals surface area contributed by atoms with E-state index in [2.05, 4.69) is 220 Å². The molecule has 0 atom stereocenters. The average Bonchev–Trinajstić information content (AvgIpc) is 3.40. The third-order valence-electron chi connectivity index (χ3n) is 14.6. The van der Waals surface area contributed by atoms with Gasteiger partial charge in [0.25, 0.3) is 0 Å². The van der Waals surface area contributed by atoms with E-state index in [1.54, 1.807) is 0 Å². The molecule has 2 nitrogen and oxygen atoms in total. The molecule has 0 N–H and O–H groups in total. The Labute approximate surface area is 365 Å². The van der Waals surface area contributed by atoms with E-state index in [-0.39, 0.29) is 10.8 Å². The van der Waals surface area contributed by atoms with E-state index in [4.69, 9.17) is 0 Å². The molecular weight excluding hydrogens is 749 g/mol. The van der Waals surface area contributed by atoms with Crippen LogP contribution in [0.15, 0.2) is 181 Å². The number of allylic oxidation sites excluding steroid dienone is 3. The van der Waals surface area contributed by atoms with Crippen molar-refractivity contribution in [3.05, 3.63) is 220 Å². The summed E-state index contributed by atoms with van der Waals surface area (Å²) in [5.41, 5.74) is 21.1. The lowest BCUT2D eigenvalue weighted by Crippen LogP contribution is -2.34. The minimum absolute atomic E-state index is 0.00418. The van der Waals surface area contributed by atoms with E-state index in [1.807, 2.05) is 0 Å². The molecule has 2 heterocycles. The lowest BCUT2D eigenvalue weighted by Gasteiger charge is -2.44. The highest BCUT2D eigenvalue weighted by molar-refractivity contribution is 6.09. The van der Waals surface area contributed by atoms with Crippen molar-refractivity contribution in [3.63, 3.8) is 0 Å². The Morgan fingerprint density at radius 1 is 0.452 bits per heavy atom. The molecule has 4 aliphatic rings. The van der Waals surface area contributed by atoms with Crippen LogP contribution in [0, 0.1) is 0 Å². The Balaban J connectivity index is 0.843. The summed E-state index contributed by atoms with van der Waals surface area (Å²) in [6.07, 6.45) is 13.6. The van der Waals surface area contributed by atoms with Crippen LogP contribution < -0.4 is 9.80 Å². The Hall–Kier alpha value is -6.90. The zero-order valence-electron chi connectivity index (χ0n) is 36.0. The highest BCUT2D eigenvalue weighted by Crippen LogP contribution is 2.54. The molecule has 300 valence electrons. The molecule has 8 aromatic rings. The zero-order valence-corrected chi connectivity index (χ0v) is 36.0. The number of rotatable bonds is 4. The molecule has 0 radical (unpaired) electrons. The van der Waals surface area contributed by atoms with E-state index < -0.39 is 0 Å². The van der Waals surface area contributed by atoms with Crippen molar-refractivity contribution in [2.75, 3.05) is 9.80 Å².